The van der Waals surface area contributed by atoms with E-state index >= 15 is 0 Å². The normalized spacial score (nSPS) is 17.7. The van der Waals surface area contributed by atoms with Crippen LogP contribution >= 0.6 is 0 Å². The van der Waals surface area contributed by atoms with Crippen LogP contribution in [0.4, 0.5) is 10.5 Å². The molecule has 38 heavy (non-hydrogen) atoms. The molecule has 196 valence electrons. The summed E-state index contributed by atoms with van der Waals surface area (Å²) >= 11 is 0. The van der Waals surface area contributed by atoms with Crippen LogP contribution in [-0.2, 0) is 14.0 Å². The summed E-state index contributed by atoms with van der Waals surface area (Å²) in [6.07, 6.45) is 3.06. The number of nitrogens with one attached hydrogen (secondary N) is 1. The van der Waals surface area contributed by atoms with E-state index in [0.29, 0.717) is 16.9 Å². The first-order valence-electron chi connectivity index (χ1n) is 12.9. The largest absolute Gasteiger partial charge is 0.492 e. The van der Waals surface area contributed by atoms with Crippen molar-refractivity contribution < 1.29 is 18.8 Å². The van der Waals surface area contributed by atoms with Gasteiger partial charge >= 0.3 is 13.2 Å². The fourth-order valence-corrected chi connectivity index (χ4v) is 4.92. The molecule has 2 aromatic carbocycles. The topological polar surface area (TPSA) is 95.7 Å². The van der Waals surface area contributed by atoms with E-state index in [-0.39, 0.29) is 19.1 Å². The number of hydrogen-bond donors (Lipinski definition) is 2. The van der Waals surface area contributed by atoms with Gasteiger partial charge in [0, 0.05) is 18.7 Å². The molecule has 1 amide bonds. The molecule has 2 aliphatic rings. The third kappa shape index (κ3) is 4.94. The predicted octanol–water partition coefficient (Wildman–Crippen LogP) is 5.53. The zero-order valence-electron chi connectivity index (χ0n) is 22.6. The molecular formula is C30H34BN3O4. The van der Waals surface area contributed by atoms with Gasteiger partial charge in [0.15, 0.2) is 0 Å². The Balaban J connectivity index is 1.31. The zero-order valence-corrected chi connectivity index (χ0v) is 22.6. The molecule has 0 spiro atoms. The second-order valence-corrected chi connectivity index (χ2v) is 11.0. The first-order chi connectivity index (χ1) is 18.1. The molecule has 0 radical (unpaired) electrons. The highest BCUT2D eigenvalue weighted by molar-refractivity contribution is 6.56. The first-order valence-corrected chi connectivity index (χ1v) is 12.9. The van der Waals surface area contributed by atoms with E-state index in [9.17, 15) is 4.79 Å². The van der Waals surface area contributed by atoms with Crippen molar-refractivity contribution in [3.8, 4) is 11.1 Å². The Morgan fingerprint density at radius 1 is 1.05 bits per heavy atom. The predicted molar refractivity (Wildman–Crippen MR) is 151 cm³/mol. The number of alkyl carbamates (subject to hydrolysis) is 1. The van der Waals surface area contributed by atoms with E-state index in [1.165, 1.54) is 22.3 Å². The van der Waals surface area contributed by atoms with Crippen LogP contribution in [-0.4, -0.2) is 42.5 Å². The minimum absolute atomic E-state index is 0.0113. The molecule has 0 bridgehead atoms. The maximum atomic E-state index is 12.9. The average Bonchev–Trinajstić information content (AvgIpc) is 3.30. The van der Waals surface area contributed by atoms with E-state index in [2.05, 4.69) is 34.6 Å². The SMILES string of the molecule is Cc1cnc(C=C(CNC(=O)OCC2c3ccccc3-c3ccccc32)B2OC(C)(C)C(C)(C)O2)c(N)c1. The lowest BCUT2D eigenvalue weighted by atomic mass is 9.77. The third-order valence-corrected chi connectivity index (χ3v) is 7.74. The molecule has 0 unspecified atom stereocenters. The molecule has 1 saturated heterocycles. The van der Waals surface area contributed by atoms with E-state index in [4.69, 9.17) is 19.8 Å². The molecular weight excluding hydrogens is 477 g/mol. The molecule has 8 heteroatoms. The van der Waals surface area contributed by atoms with Crippen molar-refractivity contribution in [3.63, 3.8) is 0 Å². The molecule has 1 fully saturated rings. The number of hydrogen-bond acceptors (Lipinski definition) is 6. The number of anilines is 1. The average molecular weight is 511 g/mol. The Kier molecular flexibility index (Phi) is 6.80. The first kappa shape index (κ1) is 26.0. The standard InChI is InChI=1S/C30H34BN3O4/c1-19-14-26(32)27(33-16-19)15-20(31-37-29(2,3)30(4,5)38-31)17-34-28(35)36-18-25-23-12-8-6-10-21(23)22-11-7-9-13-24(22)25/h6-16,25H,17-18,32H2,1-5H3,(H,34,35). The molecule has 0 atom stereocenters. The van der Waals surface area contributed by atoms with Crippen molar-refractivity contribution in [2.75, 3.05) is 18.9 Å². The molecule has 7 nitrogen and oxygen atoms in total. The smallest absolute Gasteiger partial charge is 0.449 e. The second kappa shape index (κ2) is 9.93. The Hall–Kier alpha value is -3.62. The number of amides is 1. The van der Waals surface area contributed by atoms with Gasteiger partial charge in [0.25, 0.3) is 0 Å². The van der Waals surface area contributed by atoms with Gasteiger partial charge in [0.1, 0.15) is 6.61 Å². The van der Waals surface area contributed by atoms with Crippen LogP contribution in [0.25, 0.3) is 17.2 Å². The lowest BCUT2D eigenvalue weighted by Crippen LogP contribution is -2.41. The lowest BCUT2D eigenvalue weighted by Gasteiger charge is -2.32. The minimum Gasteiger partial charge on any atom is -0.449 e. The summed E-state index contributed by atoms with van der Waals surface area (Å²) in [6, 6.07) is 18.4. The van der Waals surface area contributed by atoms with Crippen LogP contribution in [0.1, 0.15) is 56.0 Å². The summed E-state index contributed by atoms with van der Waals surface area (Å²) in [4.78, 5) is 17.3. The highest BCUT2D eigenvalue weighted by Crippen LogP contribution is 2.44. The van der Waals surface area contributed by atoms with Crippen molar-refractivity contribution in [3.05, 3.63) is 88.7 Å². The quantitative estimate of drug-likeness (QED) is 0.423. The fraction of sp³-hybridized carbons (Fsp3) is 0.333. The van der Waals surface area contributed by atoms with Gasteiger partial charge in [-0.15, -0.1) is 0 Å². The number of nitrogens with zero attached hydrogens (tertiary/aromatic N) is 1. The molecule has 1 aromatic heterocycles. The molecule has 1 aliphatic heterocycles. The van der Waals surface area contributed by atoms with Gasteiger partial charge in [-0.05, 0) is 80.1 Å². The van der Waals surface area contributed by atoms with Gasteiger partial charge in [-0.1, -0.05) is 48.5 Å². The summed E-state index contributed by atoms with van der Waals surface area (Å²) in [5.74, 6) is -0.0113. The van der Waals surface area contributed by atoms with Crippen molar-refractivity contribution in [2.24, 2.45) is 0 Å². The molecule has 3 N–H and O–H groups in total. The fourth-order valence-electron chi connectivity index (χ4n) is 4.92. The molecule has 2 heterocycles. The van der Waals surface area contributed by atoms with Crippen molar-refractivity contribution in [2.45, 2.75) is 51.7 Å². The van der Waals surface area contributed by atoms with Crippen LogP contribution in [0.15, 0.2) is 66.3 Å². The summed E-state index contributed by atoms with van der Waals surface area (Å²) in [5.41, 5.74) is 12.7. The zero-order chi connectivity index (χ0) is 27.1. The molecule has 5 rings (SSSR count). The van der Waals surface area contributed by atoms with Gasteiger partial charge in [-0.3, -0.25) is 4.98 Å². The number of aryl methyl sites for hydroxylation is 1. The number of pyridine rings is 1. The summed E-state index contributed by atoms with van der Waals surface area (Å²) in [7, 11) is -0.670. The maximum absolute atomic E-state index is 12.9. The highest BCUT2D eigenvalue weighted by atomic mass is 16.7. The monoisotopic (exact) mass is 511 g/mol. The number of carbonyl (C=O) groups excluding carboxylic acids is 1. The van der Waals surface area contributed by atoms with Gasteiger partial charge < -0.3 is 25.1 Å². The molecule has 1 aliphatic carbocycles. The van der Waals surface area contributed by atoms with Gasteiger partial charge in [0.2, 0.25) is 0 Å². The Labute approximate surface area is 224 Å². The van der Waals surface area contributed by atoms with Gasteiger partial charge in [-0.2, -0.15) is 0 Å². The van der Waals surface area contributed by atoms with Crippen molar-refractivity contribution >= 4 is 25.0 Å². The van der Waals surface area contributed by atoms with E-state index in [0.717, 1.165) is 5.56 Å². The number of rotatable bonds is 6. The maximum Gasteiger partial charge on any atom is 0.492 e. The number of ether oxygens (including phenoxy) is 1. The van der Waals surface area contributed by atoms with Crippen molar-refractivity contribution in [1.29, 1.82) is 0 Å². The van der Waals surface area contributed by atoms with Crippen LogP contribution in [0.2, 0.25) is 0 Å². The Bertz CT molecular complexity index is 1340. The summed E-state index contributed by atoms with van der Waals surface area (Å²) < 4.78 is 18.2. The van der Waals surface area contributed by atoms with E-state index < -0.39 is 24.4 Å². The van der Waals surface area contributed by atoms with Crippen LogP contribution in [0, 0.1) is 6.92 Å². The number of nitrogens with two attached hydrogens (primary N) is 1. The summed E-state index contributed by atoms with van der Waals surface area (Å²) in [5, 5.41) is 2.88. The number of fused-ring (bicyclic) bond motifs is 3. The third-order valence-electron chi connectivity index (χ3n) is 7.74. The summed E-state index contributed by atoms with van der Waals surface area (Å²) in [6.45, 7) is 10.3. The number of aromatic nitrogens is 1. The van der Waals surface area contributed by atoms with Gasteiger partial charge in [0.05, 0.1) is 22.6 Å². The molecule has 0 saturated carbocycles. The lowest BCUT2D eigenvalue weighted by molar-refractivity contribution is 0.00578. The van der Waals surface area contributed by atoms with Crippen LogP contribution < -0.4 is 11.1 Å². The molecule has 3 aromatic rings. The van der Waals surface area contributed by atoms with Crippen LogP contribution in [0.5, 0.6) is 0 Å². The minimum atomic E-state index is -0.670. The number of benzene rings is 2. The highest BCUT2D eigenvalue weighted by Gasteiger charge is 2.52. The van der Waals surface area contributed by atoms with Crippen LogP contribution in [0.3, 0.4) is 0 Å². The Morgan fingerprint density at radius 3 is 2.21 bits per heavy atom. The number of carbonyl (C=O) groups is 1. The second-order valence-electron chi connectivity index (χ2n) is 11.0. The number of nitrogen functional groups attached to an aromatic ring is 1. The van der Waals surface area contributed by atoms with E-state index in [1.807, 2.05) is 71.0 Å². The Morgan fingerprint density at radius 2 is 1.63 bits per heavy atom. The van der Waals surface area contributed by atoms with E-state index in [1.54, 1.807) is 6.20 Å². The van der Waals surface area contributed by atoms with Crippen molar-refractivity contribution in [1.82, 2.24) is 10.3 Å². The van der Waals surface area contributed by atoms with Gasteiger partial charge in [-0.25, -0.2) is 4.79 Å².